The average Bonchev–Trinajstić information content (AvgIpc) is 2.79. The van der Waals surface area contributed by atoms with Crippen molar-refractivity contribution in [2.45, 2.75) is 44.7 Å². The molecule has 0 saturated carbocycles. The molecule has 0 bridgehead atoms. The van der Waals surface area contributed by atoms with Crippen molar-refractivity contribution in [3.63, 3.8) is 0 Å². The third-order valence-electron chi connectivity index (χ3n) is 4.99. The minimum absolute atomic E-state index is 0.459. The van der Waals surface area contributed by atoms with E-state index in [1.807, 2.05) is 0 Å². The fourth-order valence-corrected chi connectivity index (χ4v) is 4.00. The molecule has 116 valence electrons. The van der Waals surface area contributed by atoms with Gasteiger partial charge in [0, 0.05) is 31.8 Å². The first-order chi connectivity index (χ1) is 10.3. The molecule has 3 atom stereocenters. The smallest absolute Gasteiger partial charge is 0.0593 e. The predicted molar refractivity (Wildman–Crippen MR) is 86.7 cm³/mol. The van der Waals surface area contributed by atoms with E-state index in [9.17, 15) is 0 Å². The van der Waals surface area contributed by atoms with Crippen LogP contribution in [0.5, 0.6) is 0 Å². The molecule has 1 aromatic carbocycles. The third kappa shape index (κ3) is 3.15. The normalized spacial score (nSPS) is 30.7. The Hall–Kier alpha value is -0.900. The first-order valence-corrected chi connectivity index (χ1v) is 8.45. The Balaban J connectivity index is 1.89. The van der Waals surface area contributed by atoms with Crippen LogP contribution in [0.15, 0.2) is 24.3 Å². The molecular formula is C18H28N2O. The van der Waals surface area contributed by atoms with E-state index in [-0.39, 0.29) is 0 Å². The molecule has 1 heterocycles. The van der Waals surface area contributed by atoms with E-state index in [4.69, 9.17) is 4.74 Å². The van der Waals surface area contributed by atoms with Crippen LogP contribution >= 0.6 is 0 Å². The molecule has 1 fully saturated rings. The van der Waals surface area contributed by atoms with Gasteiger partial charge < -0.3 is 10.1 Å². The van der Waals surface area contributed by atoms with Crippen LogP contribution in [0.25, 0.3) is 0 Å². The molecule has 1 aromatic rings. The molecule has 1 aliphatic heterocycles. The number of nitrogens with one attached hydrogen (secondary N) is 1. The summed E-state index contributed by atoms with van der Waals surface area (Å²) in [7, 11) is 0. The van der Waals surface area contributed by atoms with Crippen molar-refractivity contribution in [1.82, 2.24) is 10.2 Å². The summed E-state index contributed by atoms with van der Waals surface area (Å²) in [6, 6.07) is 10.0. The second-order valence-corrected chi connectivity index (χ2v) is 6.37. The Morgan fingerprint density at radius 2 is 2.00 bits per heavy atom. The molecule has 3 rings (SSSR count). The van der Waals surface area contributed by atoms with Crippen LogP contribution in [-0.2, 0) is 4.74 Å². The van der Waals surface area contributed by atoms with Crippen molar-refractivity contribution in [2.24, 2.45) is 0 Å². The lowest BCUT2D eigenvalue weighted by Crippen LogP contribution is -2.48. The number of hydrogen-bond acceptors (Lipinski definition) is 3. The second kappa shape index (κ2) is 6.91. The van der Waals surface area contributed by atoms with Gasteiger partial charge in [0.1, 0.15) is 0 Å². The molecule has 0 amide bonds. The highest BCUT2D eigenvalue weighted by molar-refractivity contribution is 5.36. The van der Waals surface area contributed by atoms with Gasteiger partial charge in [0.2, 0.25) is 0 Å². The molecular weight excluding hydrogens is 260 g/mol. The zero-order chi connectivity index (χ0) is 14.7. The van der Waals surface area contributed by atoms with E-state index in [0.717, 1.165) is 32.7 Å². The fourth-order valence-electron chi connectivity index (χ4n) is 4.00. The zero-order valence-corrected chi connectivity index (χ0v) is 13.3. The van der Waals surface area contributed by atoms with Crippen molar-refractivity contribution >= 4 is 0 Å². The van der Waals surface area contributed by atoms with Gasteiger partial charge in [-0.25, -0.2) is 0 Å². The van der Waals surface area contributed by atoms with Gasteiger partial charge >= 0.3 is 0 Å². The lowest BCUT2D eigenvalue weighted by Gasteiger charge is -2.43. The topological polar surface area (TPSA) is 24.5 Å². The van der Waals surface area contributed by atoms with Gasteiger partial charge in [0.25, 0.3) is 0 Å². The number of benzene rings is 1. The first kappa shape index (κ1) is 15.0. The van der Waals surface area contributed by atoms with E-state index in [1.165, 1.54) is 24.1 Å². The summed E-state index contributed by atoms with van der Waals surface area (Å²) in [5, 5.41) is 3.75. The summed E-state index contributed by atoms with van der Waals surface area (Å²) in [6.45, 7) is 9.65. The molecule has 2 aliphatic rings. The van der Waals surface area contributed by atoms with Crippen molar-refractivity contribution in [3.8, 4) is 0 Å². The van der Waals surface area contributed by atoms with E-state index in [1.54, 1.807) is 0 Å². The maximum Gasteiger partial charge on any atom is 0.0593 e. The summed E-state index contributed by atoms with van der Waals surface area (Å²) >= 11 is 0. The number of fused-ring (bicyclic) bond motifs is 1. The van der Waals surface area contributed by atoms with Gasteiger partial charge in [-0.1, -0.05) is 38.1 Å². The minimum atomic E-state index is 0.459. The highest BCUT2D eigenvalue weighted by Crippen LogP contribution is 2.39. The van der Waals surface area contributed by atoms with Crippen LogP contribution in [0, 0.1) is 0 Å². The summed E-state index contributed by atoms with van der Waals surface area (Å²) < 4.78 is 5.64. The lowest BCUT2D eigenvalue weighted by molar-refractivity contribution is 0.110. The Morgan fingerprint density at radius 3 is 2.81 bits per heavy atom. The maximum atomic E-state index is 5.64. The van der Waals surface area contributed by atoms with E-state index >= 15 is 0 Å². The highest BCUT2D eigenvalue weighted by Gasteiger charge is 2.36. The highest BCUT2D eigenvalue weighted by atomic mass is 16.5. The number of rotatable bonds is 3. The maximum absolute atomic E-state index is 5.64. The molecule has 1 N–H and O–H groups in total. The minimum Gasteiger partial charge on any atom is -0.380 e. The van der Waals surface area contributed by atoms with Crippen molar-refractivity contribution in [3.05, 3.63) is 35.4 Å². The Labute approximate surface area is 128 Å². The van der Waals surface area contributed by atoms with Gasteiger partial charge in [-0.05, 0) is 36.4 Å². The van der Waals surface area contributed by atoms with Crippen LogP contribution in [0.1, 0.15) is 49.8 Å². The first-order valence-electron chi connectivity index (χ1n) is 8.45. The summed E-state index contributed by atoms with van der Waals surface area (Å²) in [6.07, 6.45) is 2.40. The molecule has 3 nitrogen and oxygen atoms in total. The van der Waals surface area contributed by atoms with Crippen molar-refractivity contribution < 1.29 is 4.74 Å². The van der Waals surface area contributed by atoms with Crippen LogP contribution in [0.2, 0.25) is 0 Å². The summed E-state index contributed by atoms with van der Waals surface area (Å²) in [5.41, 5.74) is 3.04. The van der Waals surface area contributed by atoms with Gasteiger partial charge in [0.15, 0.2) is 0 Å². The Bertz CT molecular complexity index is 454. The second-order valence-electron chi connectivity index (χ2n) is 6.37. The number of likely N-dealkylation sites (N-methyl/N-ethyl adjacent to an activating group) is 1. The fraction of sp³-hybridized carbons (Fsp3) is 0.667. The van der Waals surface area contributed by atoms with Crippen molar-refractivity contribution in [1.29, 1.82) is 0 Å². The average molecular weight is 288 g/mol. The molecule has 3 unspecified atom stereocenters. The molecule has 1 saturated heterocycles. The largest absolute Gasteiger partial charge is 0.380 e. The molecule has 0 aromatic heterocycles. The van der Waals surface area contributed by atoms with Crippen LogP contribution in [-0.4, -0.2) is 43.8 Å². The summed E-state index contributed by atoms with van der Waals surface area (Å²) in [5.74, 6) is 0.644. The van der Waals surface area contributed by atoms with E-state index < -0.39 is 0 Å². The quantitative estimate of drug-likeness (QED) is 0.925. The van der Waals surface area contributed by atoms with Crippen molar-refractivity contribution in [2.75, 3.05) is 32.8 Å². The third-order valence-corrected chi connectivity index (χ3v) is 4.99. The molecule has 1 aliphatic carbocycles. The van der Waals surface area contributed by atoms with Gasteiger partial charge in [-0.2, -0.15) is 0 Å². The number of hydrogen-bond donors (Lipinski definition) is 1. The zero-order valence-electron chi connectivity index (χ0n) is 13.3. The Kier molecular flexibility index (Phi) is 4.94. The molecule has 21 heavy (non-hydrogen) atoms. The Morgan fingerprint density at radius 1 is 1.19 bits per heavy atom. The molecule has 3 heteroatoms. The molecule has 0 radical (unpaired) electrons. The van der Waals surface area contributed by atoms with Gasteiger partial charge in [-0.15, -0.1) is 0 Å². The van der Waals surface area contributed by atoms with Crippen LogP contribution < -0.4 is 5.32 Å². The van der Waals surface area contributed by atoms with E-state index in [0.29, 0.717) is 18.0 Å². The predicted octanol–water partition coefficient (Wildman–Crippen LogP) is 2.94. The van der Waals surface area contributed by atoms with Gasteiger partial charge in [-0.3, -0.25) is 4.90 Å². The van der Waals surface area contributed by atoms with Crippen LogP contribution in [0.4, 0.5) is 0 Å². The number of ether oxygens (including phenoxy) is 1. The number of nitrogens with zero attached hydrogens (tertiary/aromatic N) is 1. The lowest BCUT2D eigenvalue weighted by atomic mass is 9.77. The van der Waals surface area contributed by atoms with Gasteiger partial charge in [0.05, 0.1) is 6.61 Å². The van der Waals surface area contributed by atoms with Crippen LogP contribution in [0.3, 0.4) is 0 Å². The standard InChI is InChI=1S/C18H28N2O/c1-3-19-18-16-8-5-4-7-15(16)14(2)13-17(18)20-9-6-11-21-12-10-20/h4-5,7-8,14,17-19H,3,6,9-13H2,1-2H3. The monoisotopic (exact) mass is 288 g/mol. The molecule has 0 spiro atoms. The van der Waals surface area contributed by atoms with E-state index in [2.05, 4.69) is 48.3 Å². The summed E-state index contributed by atoms with van der Waals surface area (Å²) in [4.78, 5) is 2.66. The SMILES string of the molecule is CCNC1c2ccccc2C(C)CC1N1CCCOCC1.